The van der Waals surface area contributed by atoms with Crippen molar-refractivity contribution < 1.29 is 0 Å². The monoisotopic (exact) mass is 293 g/mol. The summed E-state index contributed by atoms with van der Waals surface area (Å²) in [5.74, 6) is 0.468. The van der Waals surface area contributed by atoms with E-state index < -0.39 is 0 Å². The molecule has 1 fully saturated rings. The molecule has 0 spiro atoms. The van der Waals surface area contributed by atoms with Gasteiger partial charge in [0.05, 0.1) is 0 Å². The van der Waals surface area contributed by atoms with Crippen LogP contribution in [-0.2, 0) is 6.42 Å². The Morgan fingerprint density at radius 2 is 1.68 bits per heavy atom. The summed E-state index contributed by atoms with van der Waals surface area (Å²) in [5, 5.41) is 0.782. The molecule has 3 rings (SSSR count). The average Bonchev–Trinajstić information content (AvgIpc) is 3.03. The maximum Gasteiger partial charge on any atom is 0.0406 e. The molecular formula is C16H17Cl2N. The van der Waals surface area contributed by atoms with Gasteiger partial charge < -0.3 is 5.73 Å². The Hall–Kier alpha value is -1.02. The number of hydrogen-bond donors (Lipinski definition) is 1. The van der Waals surface area contributed by atoms with Crippen molar-refractivity contribution in [2.75, 3.05) is 0 Å². The first-order valence-corrected chi connectivity index (χ1v) is 6.63. The second kappa shape index (κ2) is 5.54. The topological polar surface area (TPSA) is 26.0 Å². The van der Waals surface area contributed by atoms with Crippen molar-refractivity contribution >= 4 is 24.0 Å². The minimum atomic E-state index is -0.0742. The molecule has 0 saturated heterocycles. The van der Waals surface area contributed by atoms with Gasteiger partial charge in [-0.15, -0.1) is 12.4 Å². The van der Waals surface area contributed by atoms with Crippen LogP contribution >= 0.6 is 24.0 Å². The first-order chi connectivity index (χ1) is 8.67. The molecule has 0 aromatic heterocycles. The minimum absolute atomic E-state index is 0. The summed E-state index contributed by atoms with van der Waals surface area (Å²) in [5.41, 5.74) is 9.01. The van der Waals surface area contributed by atoms with E-state index in [4.69, 9.17) is 17.3 Å². The van der Waals surface area contributed by atoms with Crippen LogP contribution in [0.2, 0.25) is 5.02 Å². The van der Waals surface area contributed by atoms with Gasteiger partial charge >= 0.3 is 0 Å². The van der Waals surface area contributed by atoms with E-state index in [1.165, 1.54) is 11.1 Å². The van der Waals surface area contributed by atoms with Crippen molar-refractivity contribution in [3.05, 3.63) is 70.7 Å². The van der Waals surface area contributed by atoms with E-state index in [9.17, 15) is 0 Å². The summed E-state index contributed by atoms with van der Waals surface area (Å²) in [4.78, 5) is 0. The molecule has 1 aliphatic rings. The lowest BCUT2D eigenvalue weighted by molar-refractivity contribution is 0.646. The van der Waals surface area contributed by atoms with E-state index in [0.29, 0.717) is 5.92 Å². The molecule has 1 nitrogen and oxygen atoms in total. The lowest BCUT2D eigenvalue weighted by atomic mass is 10.00. The van der Waals surface area contributed by atoms with Crippen molar-refractivity contribution in [1.82, 2.24) is 0 Å². The number of halogens is 2. The Kier molecular flexibility index (Phi) is 4.19. The lowest BCUT2D eigenvalue weighted by Gasteiger charge is -2.12. The van der Waals surface area contributed by atoms with Crippen LogP contribution in [0.5, 0.6) is 0 Å². The predicted molar refractivity (Wildman–Crippen MR) is 83.1 cm³/mol. The predicted octanol–water partition coefficient (Wildman–Crippen LogP) is 4.19. The molecule has 0 bridgehead atoms. The van der Waals surface area contributed by atoms with E-state index in [0.717, 1.165) is 17.9 Å². The summed E-state index contributed by atoms with van der Waals surface area (Å²) < 4.78 is 0. The summed E-state index contributed by atoms with van der Waals surface area (Å²) in [6.45, 7) is 0. The molecule has 2 aromatic rings. The smallest absolute Gasteiger partial charge is 0.0406 e. The van der Waals surface area contributed by atoms with Gasteiger partial charge in [-0.25, -0.2) is 0 Å². The third-order valence-electron chi connectivity index (χ3n) is 3.77. The first kappa shape index (κ1) is 14.4. The van der Waals surface area contributed by atoms with E-state index in [-0.39, 0.29) is 17.9 Å². The molecule has 0 heterocycles. The van der Waals surface area contributed by atoms with Crippen LogP contribution in [0.4, 0.5) is 0 Å². The highest BCUT2D eigenvalue weighted by Crippen LogP contribution is 2.51. The lowest BCUT2D eigenvalue weighted by Crippen LogP contribution is -2.27. The first-order valence-electron chi connectivity index (χ1n) is 6.26. The van der Waals surface area contributed by atoms with Crippen LogP contribution in [0.1, 0.15) is 23.5 Å². The van der Waals surface area contributed by atoms with Gasteiger partial charge in [-0.05, 0) is 36.1 Å². The Morgan fingerprint density at radius 1 is 1.05 bits per heavy atom. The van der Waals surface area contributed by atoms with Gasteiger partial charge in [-0.3, -0.25) is 0 Å². The molecule has 100 valence electrons. The fourth-order valence-corrected chi connectivity index (χ4v) is 2.76. The largest absolute Gasteiger partial charge is 0.324 e. The number of hydrogen-bond acceptors (Lipinski definition) is 1. The molecule has 3 heteroatoms. The third kappa shape index (κ3) is 3.11. The fourth-order valence-electron chi connectivity index (χ4n) is 2.64. The molecule has 0 radical (unpaired) electrons. The maximum atomic E-state index is 6.46. The van der Waals surface area contributed by atoms with Crippen LogP contribution < -0.4 is 5.73 Å². The quantitative estimate of drug-likeness (QED) is 0.902. The van der Waals surface area contributed by atoms with Gasteiger partial charge in [0, 0.05) is 16.5 Å². The molecule has 2 N–H and O–H groups in total. The zero-order valence-electron chi connectivity index (χ0n) is 10.6. The number of rotatable bonds is 3. The molecule has 2 unspecified atom stereocenters. The van der Waals surface area contributed by atoms with Crippen molar-refractivity contribution in [2.45, 2.75) is 24.3 Å². The number of nitrogens with two attached hydrogens (primary N) is 1. The SMILES string of the molecule is Cl.NC1(Cc2ccccc2)CC1c1ccc(Cl)cc1. The van der Waals surface area contributed by atoms with Crippen molar-refractivity contribution in [1.29, 1.82) is 0 Å². The Bertz CT molecular complexity index is 538. The summed E-state index contributed by atoms with van der Waals surface area (Å²) in [6, 6.07) is 18.5. The second-order valence-electron chi connectivity index (χ2n) is 5.20. The third-order valence-corrected chi connectivity index (χ3v) is 4.02. The van der Waals surface area contributed by atoms with E-state index >= 15 is 0 Å². The Balaban J connectivity index is 0.00000133. The molecular weight excluding hydrogens is 277 g/mol. The molecule has 2 atom stereocenters. The van der Waals surface area contributed by atoms with E-state index in [2.05, 4.69) is 36.4 Å². The number of benzene rings is 2. The van der Waals surface area contributed by atoms with Crippen LogP contribution in [0.15, 0.2) is 54.6 Å². The standard InChI is InChI=1S/C16H16ClN.ClH/c17-14-8-6-13(7-9-14)15-11-16(15,18)10-12-4-2-1-3-5-12;/h1-9,15H,10-11,18H2;1H. The zero-order valence-corrected chi connectivity index (χ0v) is 12.1. The van der Waals surface area contributed by atoms with Gasteiger partial charge in [-0.2, -0.15) is 0 Å². The van der Waals surface area contributed by atoms with Gasteiger partial charge in [-0.1, -0.05) is 54.1 Å². The van der Waals surface area contributed by atoms with Crippen LogP contribution in [-0.4, -0.2) is 5.54 Å². The second-order valence-corrected chi connectivity index (χ2v) is 5.64. The summed E-state index contributed by atoms with van der Waals surface area (Å²) >= 11 is 5.91. The van der Waals surface area contributed by atoms with Gasteiger partial charge in [0.2, 0.25) is 0 Å². The Morgan fingerprint density at radius 3 is 2.32 bits per heavy atom. The van der Waals surface area contributed by atoms with E-state index in [1.807, 2.05) is 18.2 Å². The van der Waals surface area contributed by atoms with Crippen molar-refractivity contribution in [2.24, 2.45) is 5.73 Å². The minimum Gasteiger partial charge on any atom is -0.324 e. The van der Waals surface area contributed by atoms with Gasteiger partial charge in [0.1, 0.15) is 0 Å². The highest BCUT2D eigenvalue weighted by molar-refractivity contribution is 6.30. The molecule has 2 aromatic carbocycles. The molecule has 0 amide bonds. The normalized spacial score (nSPS) is 24.6. The average molecular weight is 294 g/mol. The highest BCUT2D eigenvalue weighted by Gasteiger charge is 2.51. The summed E-state index contributed by atoms with van der Waals surface area (Å²) in [7, 11) is 0. The van der Waals surface area contributed by atoms with Crippen molar-refractivity contribution in [3.8, 4) is 0 Å². The van der Waals surface area contributed by atoms with Gasteiger partial charge in [0.25, 0.3) is 0 Å². The van der Waals surface area contributed by atoms with Crippen LogP contribution in [0, 0.1) is 0 Å². The highest BCUT2D eigenvalue weighted by atomic mass is 35.5. The zero-order chi connectivity index (χ0) is 12.6. The molecule has 1 aliphatic carbocycles. The summed E-state index contributed by atoms with van der Waals surface area (Å²) in [6.07, 6.45) is 2.00. The van der Waals surface area contributed by atoms with Crippen LogP contribution in [0.3, 0.4) is 0 Å². The van der Waals surface area contributed by atoms with E-state index in [1.54, 1.807) is 0 Å². The van der Waals surface area contributed by atoms with Gasteiger partial charge in [0.15, 0.2) is 0 Å². The molecule has 0 aliphatic heterocycles. The maximum absolute atomic E-state index is 6.46. The van der Waals surface area contributed by atoms with Crippen molar-refractivity contribution in [3.63, 3.8) is 0 Å². The molecule has 19 heavy (non-hydrogen) atoms. The Labute approximate surface area is 125 Å². The fraction of sp³-hybridized carbons (Fsp3) is 0.250. The van der Waals surface area contributed by atoms with Crippen LogP contribution in [0.25, 0.3) is 0 Å². The molecule has 1 saturated carbocycles.